The summed E-state index contributed by atoms with van der Waals surface area (Å²) in [5.41, 5.74) is -0.454. The molecule has 1 aliphatic rings. The molecule has 0 radical (unpaired) electrons. The lowest BCUT2D eigenvalue weighted by Gasteiger charge is -2.37. The summed E-state index contributed by atoms with van der Waals surface area (Å²) in [4.78, 5) is 14.0. The zero-order valence-electron chi connectivity index (χ0n) is 12.3. The fourth-order valence-electron chi connectivity index (χ4n) is 2.29. The Balaban J connectivity index is 2.41. The van der Waals surface area contributed by atoms with Crippen molar-refractivity contribution in [2.24, 2.45) is 5.92 Å². The summed E-state index contributed by atoms with van der Waals surface area (Å²) in [5, 5.41) is 3.61. The summed E-state index contributed by atoms with van der Waals surface area (Å²) in [6.07, 6.45) is 0.574. The second-order valence-corrected chi connectivity index (χ2v) is 6.81. The van der Waals surface area contributed by atoms with E-state index in [1.54, 1.807) is 0 Å². The molecule has 1 amide bonds. The Morgan fingerprint density at radius 2 is 2.16 bits per heavy atom. The van der Waals surface area contributed by atoms with Gasteiger partial charge >= 0.3 is 6.09 Å². The number of carbonyl (C=O) groups excluding carboxylic acids is 1. The van der Waals surface area contributed by atoms with Crippen LogP contribution in [-0.4, -0.2) is 42.3 Å². The number of alkyl carbamates (subject to hydrolysis) is 1. The number of nitrogens with zero attached hydrogens (tertiary/aromatic N) is 1. The Morgan fingerprint density at radius 3 is 2.63 bits per heavy atom. The predicted octanol–water partition coefficient (Wildman–Crippen LogP) is 2.97. The van der Waals surface area contributed by atoms with Gasteiger partial charge in [0.15, 0.2) is 0 Å². The molecule has 0 bridgehead atoms. The molecule has 0 aromatic heterocycles. The van der Waals surface area contributed by atoms with Crippen LogP contribution in [0.15, 0.2) is 11.6 Å². The van der Waals surface area contributed by atoms with E-state index >= 15 is 0 Å². The number of halogens is 1. The molecular formula is C14H25ClN2O2. The van der Waals surface area contributed by atoms with Gasteiger partial charge in [0.1, 0.15) is 5.60 Å². The van der Waals surface area contributed by atoms with Gasteiger partial charge < -0.3 is 10.1 Å². The van der Waals surface area contributed by atoms with E-state index in [9.17, 15) is 4.79 Å². The maximum Gasteiger partial charge on any atom is 0.407 e. The number of rotatable bonds is 3. The summed E-state index contributed by atoms with van der Waals surface area (Å²) in [7, 11) is 0. The molecule has 1 saturated heterocycles. The zero-order valence-corrected chi connectivity index (χ0v) is 13.1. The highest BCUT2D eigenvalue weighted by Crippen LogP contribution is 2.19. The van der Waals surface area contributed by atoms with Crippen molar-refractivity contribution >= 4 is 17.7 Å². The van der Waals surface area contributed by atoms with Crippen LogP contribution >= 0.6 is 11.6 Å². The van der Waals surface area contributed by atoms with E-state index in [0.717, 1.165) is 19.5 Å². The van der Waals surface area contributed by atoms with Crippen molar-refractivity contribution in [3.05, 3.63) is 11.6 Å². The third-order valence-electron chi connectivity index (χ3n) is 3.09. The number of ether oxygens (including phenoxy) is 1. The van der Waals surface area contributed by atoms with Crippen molar-refractivity contribution in [3.8, 4) is 0 Å². The number of amides is 1. The van der Waals surface area contributed by atoms with Crippen molar-refractivity contribution in [2.75, 3.05) is 19.6 Å². The van der Waals surface area contributed by atoms with E-state index in [4.69, 9.17) is 16.3 Å². The fourth-order valence-corrected chi connectivity index (χ4v) is 2.46. The van der Waals surface area contributed by atoms with Gasteiger partial charge in [-0.3, -0.25) is 4.90 Å². The predicted molar refractivity (Wildman–Crippen MR) is 78.4 cm³/mol. The number of piperidine rings is 1. The average Bonchev–Trinajstić information content (AvgIpc) is 2.18. The maximum atomic E-state index is 11.7. The lowest BCUT2D eigenvalue weighted by Crippen LogP contribution is -2.51. The molecule has 0 aromatic carbocycles. The molecule has 1 fully saturated rings. The van der Waals surface area contributed by atoms with Crippen LogP contribution in [0, 0.1) is 5.92 Å². The molecule has 1 rings (SSSR count). The quantitative estimate of drug-likeness (QED) is 0.868. The monoisotopic (exact) mass is 288 g/mol. The highest BCUT2D eigenvalue weighted by atomic mass is 35.5. The first kappa shape index (κ1) is 16.3. The number of hydrogen-bond acceptors (Lipinski definition) is 3. The van der Waals surface area contributed by atoms with Gasteiger partial charge in [0.2, 0.25) is 0 Å². The van der Waals surface area contributed by atoms with Gasteiger partial charge in [-0.1, -0.05) is 25.1 Å². The summed E-state index contributed by atoms with van der Waals surface area (Å²) in [6.45, 7) is 14.0. The first-order valence-corrected chi connectivity index (χ1v) is 7.10. The van der Waals surface area contributed by atoms with E-state index in [0.29, 0.717) is 17.5 Å². The fraction of sp³-hybridized carbons (Fsp3) is 0.786. The van der Waals surface area contributed by atoms with Crippen molar-refractivity contribution in [1.29, 1.82) is 0 Å². The van der Waals surface area contributed by atoms with Gasteiger partial charge in [-0.05, 0) is 33.1 Å². The van der Waals surface area contributed by atoms with Gasteiger partial charge in [-0.25, -0.2) is 4.79 Å². The van der Waals surface area contributed by atoms with Gasteiger partial charge in [0.25, 0.3) is 0 Å². The molecule has 1 aliphatic heterocycles. The Bertz CT molecular complexity index is 339. The first-order chi connectivity index (χ1) is 8.67. The van der Waals surface area contributed by atoms with Crippen LogP contribution in [0.25, 0.3) is 0 Å². The maximum absolute atomic E-state index is 11.7. The lowest BCUT2D eigenvalue weighted by molar-refractivity contribution is 0.0447. The van der Waals surface area contributed by atoms with E-state index < -0.39 is 5.60 Å². The van der Waals surface area contributed by atoms with Crippen LogP contribution in [0.2, 0.25) is 0 Å². The number of likely N-dealkylation sites (tertiary alicyclic amines) is 1. The molecule has 2 unspecified atom stereocenters. The molecule has 5 heteroatoms. The van der Waals surface area contributed by atoms with Crippen molar-refractivity contribution < 1.29 is 9.53 Å². The van der Waals surface area contributed by atoms with Crippen LogP contribution in [0.4, 0.5) is 4.79 Å². The Kier molecular flexibility index (Phi) is 5.68. The molecule has 0 aromatic rings. The van der Waals surface area contributed by atoms with E-state index in [1.807, 2.05) is 20.8 Å². The van der Waals surface area contributed by atoms with E-state index in [-0.39, 0.29) is 12.1 Å². The van der Waals surface area contributed by atoms with Gasteiger partial charge in [-0.15, -0.1) is 0 Å². The normalized spacial score (nSPS) is 24.9. The van der Waals surface area contributed by atoms with Crippen LogP contribution in [0.5, 0.6) is 0 Å². The molecule has 110 valence electrons. The van der Waals surface area contributed by atoms with Gasteiger partial charge in [0, 0.05) is 30.7 Å². The SMILES string of the molecule is C=C(Cl)CN1CCC(NC(=O)OC(C)(C)C)C(C)C1. The van der Waals surface area contributed by atoms with Crippen LogP contribution in [0.3, 0.4) is 0 Å². The molecule has 0 aliphatic carbocycles. The minimum absolute atomic E-state index is 0.162. The summed E-state index contributed by atoms with van der Waals surface area (Å²) < 4.78 is 5.28. The smallest absolute Gasteiger partial charge is 0.407 e. The highest BCUT2D eigenvalue weighted by molar-refractivity contribution is 6.29. The average molecular weight is 289 g/mol. The van der Waals surface area contributed by atoms with E-state index in [1.165, 1.54) is 0 Å². The van der Waals surface area contributed by atoms with Crippen LogP contribution in [-0.2, 0) is 4.74 Å². The molecule has 19 heavy (non-hydrogen) atoms. The Labute approximate surface area is 121 Å². The molecule has 1 heterocycles. The molecule has 1 N–H and O–H groups in total. The number of nitrogens with one attached hydrogen (secondary N) is 1. The molecule has 2 atom stereocenters. The van der Waals surface area contributed by atoms with Crippen molar-refractivity contribution in [2.45, 2.75) is 45.8 Å². The first-order valence-electron chi connectivity index (χ1n) is 6.72. The minimum Gasteiger partial charge on any atom is -0.444 e. The van der Waals surface area contributed by atoms with Gasteiger partial charge in [-0.2, -0.15) is 0 Å². The third-order valence-corrected chi connectivity index (χ3v) is 3.21. The molecular weight excluding hydrogens is 264 g/mol. The van der Waals surface area contributed by atoms with Crippen LogP contribution in [0.1, 0.15) is 34.1 Å². The summed E-state index contributed by atoms with van der Waals surface area (Å²) in [6, 6.07) is 0.162. The molecule has 4 nitrogen and oxygen atoms in total. The molecule has 0 spiro atoms. The second-order valence-electron chi connectivity index (χ2n) is 6.27. The largest absolute Gasteiger partial charge is 0.444 e. The van der Waals surface area contributed by atoms with Crippen molar-refractivity contribution in [3.63, 3.8) is 0 Å². The number of hydrogen-bond donors (Lipinski definition) is 1. The number of carbonyl (C=O) groups is 1. The third kappa shape index (κ3) is 6.30. The van der Waals surface area contributed by atoms with Crippen LogP contribution < -0.4 is 5.32 Å². The van der Waals surface area contributed by atoms with Gasteiger partial charge in [0.05, 0.1) is 0 Å². The summed E-state index contributed by atoms with van der Waals surface area (Å²) in [5.74, 6) is 0.372. The lowest BCUT2D eigenvalue weighted by atomic mass is 9.94. The molecule has 0 saturated carbocycles. The zero-order chi connectivity index (χ0) is 14.6. The summed E-state index contributed by atoms with van der Waals surface area (Å²) >= 11 is 5.83. The minimum atomic E-state index is -0.454. The Hall–Kier alpha value is -0.740. The Morgan fingerprint density at radius 1 is 1.53 bits per heavy atom. The van der Waals surface area contributed by atoms with Crippen molar-refractivity contribution in [1.82, 2.24) is 10.2 Å². The highest BCUT2D eigenvalue weighted by Gasteiger charge is 2.28. The topological polar surface area (TPSA) is 41.6 Å². The standard InChI is InChI=1S/C14H25ClN2O2/c1-10-8-17(9-11(2)15)7-6-12(10)16-13(18)19-14(3,4)5/h10,12H,2,6-9H2,1,3-5H3,(H,16,18). The second kappa shape index (κ2) is 6.62. The van der Waals surface area contributed by atoms with E-state index in [2.05, 4.69) is 23.7 Å².